The summed E-state index contributed by atoms with van der Waals surface area (Å²) < 4.78 is 5.48. The van der Waals surface area contributed by atoms with Crippen molar-refractivity contribution in [3.05, 3.63) is 0 Å². The van der Waals surface area contributed by atoms with Crippen LogP contribution in [0.15, 0.2) is 0 Å². The molecule has 6 nitrogen and oxygen atoms in total. The van der Waals surface area contributed by atoms with Gasteiger partial charge in [0.15, 0.2) is 0 Å². The lowest BCUT2D eigenvalue weighted by atomic mass is 10.0. The number of carbonyl (C=O) groups excluding carboxylic acids is 2. The van der Waals surface area contributed by atoms with Gasteiger partial charge >= 0.3 is 5.97 Å². The topological polar surface area (TPSA) is 95.9 Å². The average molecular weight is 1050 g/mol. The number of rotatable bonds is 65. The number of aliphatic hydroxyl groups is 2. The summed E-state index contributed by atoms with van der Waals surface area (Å²) in [7, 11) is 0. The molecule has 0 aromatic rings. The summed E-state index contributed by atoms with van der Waals surface area (Å²) in [6.07, 6.45) is 77.1. The van der Waals surface area contributed by atoms with Crippen molar-refractivity contribution in [3.8, 4) is 0 Å². The van der Waals surface area contributed by atoms with Crippen LogP contribution in [-0.4, -0.2) is 47.4 Å². The van der Waals surface area contributed by atoms with Gasteiger partial charge in [-0.2, -0.15) is 0 Å². The Kier molecular flexibility index (Phi) is 63.4. The number of amides is 1. The molecule has 0 spiro atoms. The van der Waals surface area contributed by atoms with Crippen LogP contribution in [0.5, 0.6) is 0 Å². The molecule has 6 heteroatoms. The Morgan fingerprint density at radius 1 is 0.324 bits per heavy atom. The van der Waals surface area contributed by atoms with Crippen molar-refractivity contribution in [2.45, 2.75) is 411 Å². The van der Waals surface area contributed by atoms with Gasteiger partial charge in [0.05, 0.1) is 25.4 Å². The Balaban J connectivity index is 3.34. The number of hydrogen-bond donors (Lipinski definition) is 3. The monoisotopic (exact) mass is 1050 g/mol. The highest BCUT2D eigenvalue weighted by Gasteiger charge is 2.20. The fourth-order valence-corrected chi connectivity index (χ4v) is 11.2. The third-order valence-corrected chi connectivity index (χ3v) is 16.4. The van der Waals surface area contributed by atoms with Crippen LogP contribution >= 0.6 is 0 Å². The predicted molar refractivity (Wildman–Crippen MR) is 324 cm³/mol. The van der Waals surface area contributed by atoms with Crippen LogP contribution in [0.1, 0.15) is 399 Å². The molecule has 0 aliphatic rings. The molecule has 2 unspecified atom stereocenters. The molecule has 74 heavy (non-hydrogen) atoms. The molecule has 0 aliphatic carbocycles. The number of carbonyl (C=O) groups is 2. The highest BCUT2D eigenvalue weighted by atomic mass is 16.5. The second-order valence-corrected chi connectivity index (χ2v) is 23.9. The predicted octanol–water partition coefficient (Wildman–Crippen LogP) is 21.8. The van der Waals surface area contributed by atoms with E-state index in [1.807, 2.05) is 0 Å². The van der Waals surface area contributed by atoms with Crippen molar-refractivity contribution in [3.63, 3.8) is 0 Å². The summed E-state index contributed by atoms with van der Waals surface area (Å²) in [5, 5.41) is 23.4. The summed E-state index contributed by atoms with van der Waals surface area (Å²) in [4.78, 5) is 24.6. The lowest BCUT2D eigenvalue weighted by Gasteiger charge is -2.22. The van der Waals surface area contributed by atoms with Crippen LogP contribution in [0.3, 0.4) is 0 Å². The van der Waals surface area contributed by atoms with E-state index in [1.54, 1.807) is 0 Å². The van der Waals surface area contributed by atoms with Crippen LogP contribution in [0.4, 0.5) is 0 Å². The molecule has 0 saturated carbocycles. The molecular weight excluding hydrogens is 911 g/mol. The molecule has 0 aromatic heterocycles. The van der Waals surface area contributed by atoms with E-state index in [0.29, 0.717) is 25.9 Å². The van der Waals surface area contributed by atoms with Gasteiger partial charge in [0, 0.05) is 12.8 Å². The maximum atomic E-state index is 12.5. The number of esters is 1. The Morgan fingerprint density at radius 2 is 0.554 bits per heavy atom. The first-order valence-corrected chi connectivity index (χ1v) is 34.3. The van der Waals surface area contributed by atoms with Gasteiger partial charge in [0.2, 0.25) is 5.91 Å². The van der Waals surface area contributed by atoms with Gasteiger partial charge in [-0.1, -0.05) is 361 Å². The molecule has 3 N–H and O–H groups in total. The second kappa shape index (κ2) is 64.4. The third-order valence-electron chi connectivity index (χ3n) is 16.4. The van der Waals surface area contributed by atoms with Crippen LogP contribution in [0.2, 0.25) is 0 Å². The van der Waals surface area contributed by atoms with Crippen molar-refractivity contribution < 1.29 is 24.5 Å². The standard InChI is InChI=1S/C68H135NO5/c1-3-5-7-9-11-13-15-17-18-19-31-34-37-40-44-48-52-56-60-66(71)65(64-70)69-67(72)61-57-53-49-45-41-38-35-32-29-27-25-23-21-20-22-24-26-28-30-33-36-39-43-47-51-55-59-63-74-68(73)62-58-54-50-46-42-16-14-12-10-8-6-4-2/h65-66,70-71H,3-64H2,1-2H3,(H,69,72). The Labute approximate surface area is 464 Å². The van der Waals surface area contributed by atoms with E-state index in [4.69, 9.17) is 4.74 Å². The molecular formula is C68H135NO5. The molecule has 0 radical (unpaired) electrons. The average Bonchev–Trinajstić information content (AvgIpc) is 3.40. The smallest absolute Gasteiger partial charge is 0.305 e. The van der Waals surface area contributed by atoms with Crippen LogP contribution in [0, 0.1) is 0 Å². The van der Waals surface area contributed by atoms with Gasteiger partial charge < -0.3 is 20.3 Å². The summed E-state index contributed by atoms with van der Waals surface area (Å²) in [5.41, 5.74) is 0. The largest absolute Gasteiger partial charge is 0.466 e. The minimum absolute atomic E-state index is 0.0199. The molecule has 0 saturated heterocycles. The number of ether oxygens (including phenoxy) is 1. The van der Waals surface area contributed by atoms with Crippen molar-refractivity contribution in [1.29, 1.82) is 0 Å². The molecule has 0 fully saturated rings. The number of hydrogen-bond acceptors (Lipinski definition) is 5. The quantitative estimate of drug-likeness (QED) is 0.0417. The lowest BCUT2D eigenvalue weighted by Crippen LogP contribution is -2.45. The van der Waals surface area contributed by atoms with E-state index in [9.17, 15) is 19.8 Å². The molecule has 0 bridgehead atoms. The molecule has 442 valence electrons. The van der Waals surface area contributed by atoms with Crippen LogP contribution in [-0.2, 0) is 14.3 Å². The van der Waals surface area contributed by atoms with Crippen LogP contribution < -0.4 is 5.32 Å². The second-order valence-electron chi connectivity index (χ2n) is 23.9. The molecule has 1 amide bonds. The van der Waals surface area contributed by atoms with Gasteiger partial charge in [-0.05, 0) is 25.7 Å². The first-order chi connectivity index (χ1) is 36.5. The van der Waals surface area contributed by atoms with Gasteiger partial charge in [0.1, 0.15) is 0 Å². The van der Waals surface area contributed by atoms with E-state index < -0.39 is 12.1 Å². The van der Waals surface area contributed by atoms with Gasteiger partial charge in [-0.3, -0.25) is 9.59 Å². The first kappa shape index (κ1) is 72.9. The van der Waals surface area contributed by atoms with Crippen molar-refractivity contribution in [1.82, 2.24) is 5.32 Å². The van der Waals surface area contributed by atoms with Crippen molar-refractivity contribution in [2.24, 2.45) is 0 Å². The minimum Gasteiger partial charge on any atom is -0.466 e. The normalized spacial score (nSPS) is 12.4. The summed E-state index contributed by atoms with van der Waals surface area (Å²) in [6.45, 7) is 5.00. The minimum atomic E-state index is -0.661. The number of unbranched alkanes of at least 4 members (excludes halogenated alkanes) is 54. The molecule has 0 aliphatic heterocycles. The third kappa shape index (κ3) is 60.1. The first-order valence-electron chi connectivity index (χ1n) is 34.3. The van der Waals surface area contributed by atoms with Gasteiger partial charge in [0.25, 0.3) is 0 Å². The zero-order chi connectivity index (χ0) is 53.6. The maximum Gasteiger partial charge on any atom is 0.305 e. The zero-order valence-electron chi connectivity index (χ0n) is 50.6. The van der Waals surface area contributed by atoms with E-state index in [0.717, 1.165) is 38.5 Å². The number of nitrogens with one attached hydrogen (secondary N) is 1. The Morgan fingerprint density at radius 3 is 0.824 bits per heavy atom. The maximum absolute atomic E-state index is 12.5. The Hall–Kier alpha value is -1.14. The molecule has 0 rings (SSSR count). The lowest BCUT2D eigenvalue weighted by molar-refractivity contribution is -0.143. The Bertz CT molecular complexity index is 1070. The van der Waals surface area contributed by atoms with Crippen molar-refractivity contribution >= 4 is 11.9 Å². The summed E-state index contributed by atoms with van der Waals surface area (Å²) in [6, 6.07) is -0.538. The van der Waals surface area contributed by atoms with Crippen molar-refractivity contribution in [2.75, 3.05) is 13.2 Å². The zero-order valence-corrected chi connectivity index (χ0v) is 50.6. The van der Waals surface area contributed by atoms with E-state index in [-0.39, 0.29) is 18.5 Å². The number of aliphatic hydroxyl groups excluding tert-OH is 2. The van der Waals surface area contributed by atoms with Gasteiger partial charge in [-0.25, -0.2) is 0 Å². The molecule has 0 aromatic carbocycles. The SMILES string of the molecule is CCCCCCCCCCCCCCCCCCCCC(O)C(CO)NC(=O)CCCCCCCCCCCCCCCCCCCCCCCCCCCCCOC(=O)CCCCCCCCCCCCCC. The fourth-order valence-electron chi connectivity index (χ4n) is 11.2. The van der Waals surface area contributed by atoms with E-state index >= 15 is 0 Å². The van der Waals surface area contributed by atoms with E-state index in [1.165, 1.54) is 327 Å². The summed E-state index contributed by atoms with van der Waals surface area (Å²) >= 11 is 0. The van der Waals surface area contributed by atoms with E-state index in [2.05, 4.69) is 19.2 Å². The highest BCUT2D eigenvalue weighted by molar-refractivity contribution is 5.76. The van der Waals surface area contributed by atoms with Crippen LogP contribution in [0.25, 0.3) is 0 Å². The molecule has 0 heterocycles. The summed E-state index contributed by atoms with van der Waals surface area (Å²) in [5.74, 6) is -0.00771. The van der Waals surface area contributed by atoms with Gasteiger partial charge in [-0.15, -0.1) is 0 Å². The molecule has 2 atom stereocenters. The highest BCUT2D eigenvalue weighted by Crippen LogP contribution is 2.19. The fraction of sp³-hybridized carbons (Fsp3) is 0.971.